The topological polar surface area (TPSA) is 111 Å². The first-order chi connectivity index (χ1) is 9.95. The number of rotatable bonds is 5. The van der Waals surface area contributed by atoms with Gasteiger partial charge in [-0.1, -0.05) is 33.9 Å². The molecular weight excluding hydrogens is 304 g/mol. The maximum atomic E-state index is 11.0. The van der Waals surface area contributed by atoms with E-state index in [2.05, 4.69) is 44.4 Å². The summed E-state index contributed by atoms with van der Waals surface area (Å²) in [5.41, 5.74) is 2.06. The van der Waals surface area contributed by atoms with Crippen molar-refractivity contribution in [3.63, 3.8) is 0 Å². The molecule has 0 fully saturated rings. The van der Waals surface area contributed by atoms with Crippen molar-refractivity contribution in [3.8, 4) is 0 Å². The first-order valence-electron chi connectivity index (χ1n) is 6.69. The van der Waals surface area contributed by atoms with Gasteiger partial charge in [-0.2, -0.15) is 5.10 Å². The third-order valence-electron chi connectivity index (χ3n) is 3.89. The van der Waals surface area contributed by atoms with Gasteiger partial charge in [0.1, 0.15) is 13.8 Å². The van der Waals surface area contributed by atoms with E-state index in [1.165, 1.54) is 12.1 Å². The molecule has 0 saturated carbocycles. The Hall–Kier alpha value is -2.29. The van der Waals surface area contributed by atoms with Crippen LogP contribution in [0.4, 0.5) is 17.1 Å². The average Bonchev–Trinajstić information content (AvgIpc) is 2.36. The van der Waals surface area contributed by atoms with Gasteiger partial charge >= 0.3 is 5.69 Å². The molecule has 8 nitrogen and oxygen atoms in total. The number of nitrogens with one attached hydrogen (secondary N) is 1. The van der Waals surface area contributed by atoms with E-state index in [1.807, 2.05) is 5.84 Å². The van der Waals surface area contributed by atoms with Gasteiger partial charge in [0.05, 0.1) is 15.9 Å². The number of anilines is 1. The van der Waals surface area contributed by atoms with Crippen LogP contribution in [0.1, 0.15) is 20.8 Å². The highest BCUT2D eigenvalue weighted by molar-refractivity contribution is 7.02. The second kappa shape index (κ2) is 6.22. The zero-order valence-electron chi connectivity index (χ0n) is 13.3. The Balaban J connectivity index is 3.04. The number of nitro benzene ring substituents is 2. The number of nitrogens with zero attached hydrogens (tertiary/aromatic N) is 3. The normalized spacial score (nSPS) is 12.4. The summed E-state index contributed by atoms with van der Waals surface area (Å²) >= 11 is 0. The molecule has 120 valence electrons. The minimum absolute atomic E-state index is 0.0968. The van der Waals surface area contributed by atoms with E-state index in [4.69, 9.17) is 0 Å². The lowest BCUT2D eigenvalue weighted by atomic mass is 10.2. The Labute approximate surface area is 129 Å². The summed E-state index contributed by atoms with van der Waals surface area (Å²) in [4.78, 5) is 20.4. The van der Waals surface area contributed by atoms with Crippen LogP contribution >= 0.6 is 0 Å². The largest absolute Gasteiger partial charge is 0.301 e. The van der Waals surface area contributed by atoms with Crippen LogP contribution in [-0.2, 0) is 0 Å². The molecule has 1 rings (SSSR count). The first kappa shape index (κ1) is 17.8. The third kappa shape index (κ3) is 4.10. The smallest absolute Gasteiger partial charge is 0.272 e. The minimum atomic E-state index is -1.76. The van der Waals surface area contributed by atoms with E-state index in [0.717, 1.165) is 6.07 Å². The predicted octanol–water partition coefficient (Wildman–Crippen LogP) is 3.95. The van der Waals surface area contributed by atoms with Crippen LogP contribution in [0, 0.1) is 20.2 Å². The Morgan fingerprint density at radius 2 is 1.77 bits per heavy atom. The SMILES string of the molecule is CC(C)(C)[Si](C)(C)C=NNc1ccc([N+](=O)[O-])cc1[N+](=O)[O-]. The molecule has 22 heavy (non-hydrogen) atoms. The first-order valence-corrected chi connectivity index (χ1v) is 9.76. The van der Waals surface area contributed by atoms with Crippen LogP contribution in [0.2, 0.25) is 18.1 Å². The quantitative estimate of drug-likeness (QED) is 0.381. The molecule has 0 amide bonds. The van der Waals surface area contributed by atoms with Crippen LogP contribution < -0.4 is 5.43 Å². The monoisotopic (exact) mass is 324 g/mol. The van der Waals surface area contributed by atoms with E-state index in [9.17, 15) is 20.2 Å². The fourth-order valence-electron chi connectivity index (χ4n) is 1.34. The van der Waals surface area contributed by atoms with Crippen LogP contribution in [0.5, 0.6) is 0 Å². The van der Waals surface area contributed by atoms with Gasteiger partial charge in [0.2, 0.25) is 0 Å². The number of non-ortho nitro benzene ring substituents is 1. The lowest BCUT2D eigenvalue weighted by Crippen LogP contribution is -2.39. The highest BCUT2D eigenvalue weighted by Gasteiger charge is 2.33. The van der Waals surface area contributed by atoms with Crippen molar-refractivity contribution < 1.29 is 9.85 Å². The summed E-state index contributed by atoms with van der Waals surface area (Å²) in [6.45, 7) is 10.7. The zero-order chi connectivity index (χ0) is 17.1. The lowest BCUT2D eigenvalue weighted by molar-refractivity contribution is -0.393. The van der Waals surface area contributed by atoms with E-state index in [0.29, 0.717) is 0 Å². The number of benzene rings is 1. The van der Waals surface area contributed by atoms with Crippen molar-refractivity contribution in [3.05, 3.63) is 38.4 Å². The average molecular weight is 324 g/mol. The summed E-state index contributed by atoms with van der Waals surface area (Å²) in [6, 6.07) is 3.42. The van der Waals surface area contributed by atoms with Crippen molar-refractivity contribution in [2.75, 3.05) is 5.43 Å². The molecular formula is C13H20N4O4Si. The maximum absolute atomic E-state index is 11.0. The fourth-order valence-corrected chi connectivity index (χ4v) is 2.11. The molecule has 0 aliphatic rings. The maximum Gasteiger partial charge on any atom is 0.301 e. The Kier molecular flexibility index (Phi) is 5.02. The summed E-state index contributed by atoms with van der Waals surface area (Å²) in [7, 11) is -1.76. The molecule has 0 bridgehead atoms. The van der Waals surface area contributed by atoms with Gasteiger partial charge < -0.3 is 0 Å². The Bertz CT molecular complexity index is 623. The van der Waals surface area contributed by atoms with Gasteiger partial charge in [0.25, 0.3) is 5.69 Å². The van der Waals surface area contributed by atoms with Gasteiger partial charge in [-0.25, -0.2) is 0 Å². The van der Waals surface area contributed by atoms with Gasteiger partial charge in [-0.05, 0) is 11.1 Å². The Morgan fingerprint density at radius 3 is 2.23 bits per heavy atom. The molecule has 0 aliphatic heterocycles. The number of nitro groups is 2. The molecule has 0 unspecified atom stereocenters. The molecule has 1 N–H and O–H groups in total. The summed E-state index contributed by atoms with van der Waals surface area (Å²) in [5, 5.41) is 25.9. The van der Waals surface area contributed by atoms with Crippen LogP contribution in [-0.4, -0.2) is 23.8 Å². The molecule has 0 heterocycles. The number of hydrogen-bond donors (Lipinski definition) is 1. The second-order valence-corrected chi connectivity index (χ2v) is 11.8. The van der Waals surface area contributed by atoms with Crippen LogP contribution in [0.25, 0.3) is 0 Å². The molecule has 1 aromatic carbocycles. The van der Waals surface area contributed by atoms with Crippen molar-refractivity contribution in [1.29, 1.82) is 0 Å². The molecule has 9 heteroatoms. The van der Waals surface area contributed by atoms with Crippen molar-refractivity contribution in [2.45, 2.75) is 38.9 Å². The van der Waals surface area contributed by atoms with E-state index in [-0.39, 0.29) is 22.1 Å². The molecule has 0 aromatic heterocycles. The minimum Gasteiger partial charge on any atom is -0.272 e. The van der Waals surface area contributed by atoms with Crippen molar-refractivity contribution >= 4 is 31.0 Å². The van der Waals surface area contributed by atoms with Crippen molar-refractivity contribution in [1.82, 2.24) is 0 Å². The van der Waals surface area contributed by atoms with Crippen LogP contribution in [0.3, 0.4) is 0 Å². The van der Waals surface area contributed by atoms with Gasteiger partial charge in [-0.3, -0.25) is 25.7 Å². The van der Waals surface area contributed by atoms with E-state index >= 15 is 0 Å². The van der Waals surface area contributed by atoms with E-state index < -0.39 is 17.9 Å². The lowest BCUT2D eigenvalue weighted by Gasteiger charge is -2.32. The molecule has 0 saturated heterocycles. The number of hydrazone groups is 1. The van der Waals surface area contributed by atoms with Gasteiger partial charge in [-0.15, -0.1) is 0 Å². The molecule has 1 aromatic rings. The van der Waals surface area contributed by atoms with Crippen LogP contribution in [0.15, 0.2) is 23.3 Å². The fraction of sp³-hybridized carbons (Fsp3) is 0.462. The zero-order valence-corrected chi connectivity index (χ0v) is 14.3. The molecule has 0 aliphatic carbocycles. The summed E-state index contributed by atoms with van der Waals surface area (Å²) in [5.74, 6) is 1.82. The highest BCUT2D eigenvalue weighted by Crippen LogP contribution is 2.34. The summed E-state index contributed by atoms with van der Waals surface area (Å²) in [6.07, 6.45) is 0. The molecule has 0 spiro atoms. The van der Waals surface area contributed by atoms with Crippen molar-refractivity contribution in [2.24, 2.45) is 5.10 Å². The van der Waals surface area contributed by atoms with Gasteiger partial charge in [0, 0.05) is 11.9 Å². The number of hydrogen-bond acceptors (Lipinski definition) is 6. The second-order valence-electron chi connectivity index (χ2n) is 6.56. The molecule has 0 radical (unpaired) electrons. The Morgan fingerprint density at radius 1 is 1.18 bits per heavy atom. The third-order valence-corrected chi connectivity index (χ3v) is 8.53. The summed E-state index contributed by atoms with van der Waals surface area (Å²) < 4.78 is 0. The predicted molar refractivity (Wildman–Crippen MR) is 89.1 cm³/mol. The molecule has 0 atom stereocenters. The highest BCUT2D eigenvalue weighted by atomic mass is 28.3. The standard InChI is InChI=1S/C13H20N4O4Si/c1-13(2,3)22(4,5)9-14-15-11-7-6-10(16(18)19)8-12(11)17(20)21/h6-9,15H,1-5H3. The van der Waals surface area contributed by atoms with Gasteiger partial charge in [0.15, 0.2) is 0 Å². The van der Waals surface area contributed by atoms with E-state index in [1.54, 1.807) is 0 Å².